The van der Waals surface area contributed by atoms with Gasteiger partial charge in [-0.1, -0.05) is 0 Å². The van der Waals surface area contributed by atoms with Gasteiger partial charge in [-0.15, -0.1) is 10.2 Å². The summed E-state index contributed by atoms with van der Waals surface area (Å²) in [5.41, 5.74) is 8.07. The van der Waals surface area contributed by atoms with Gasteiger partial charge in [-0.3, -0.25) is 5.10 Å². The molecule has 2 aromatic rings. The van der Waals surface area contributed by atoms with Crippen molar-refractivity contribution in [2.24, 2.45) is 10.2 Å². The molecule has 0 radical (unpaired) electrons. The normalized spacial score (nSPS) is 10.5. The molecule has 0 spiro atoms. The summed E-state index contributed by atoms with van der Waals surface area (Å²) in [7, 11) is 0. The van der Waals surface area contributed by atoms with Gasteiger partial charge in [-0.05, 0) is 30.7 Å². The van der Waals surface area contributed by atoms with E-state index in [1.54, 1.807) is 12.1 Å². The van der Waals surface area contributed by atoms with Crippen molar-refractivity contribution in [3.63, 3.8) is 0 Å². The molecule has 0 atom stereocenters. The van der Waals surface area contributed by atoms with Gasteiger partial charge in [0.25, 0.3) is 0 Å². The zero-order chi connectivity index (χ0) is 17.2. The maximum atomic E-state index is 9.12. The molecule has 1 heterocycles. The molecule has 1 aromatic carbocycles. The van der Waals surface area contributed by atoms with Crippen molar-refractivity contribution in [3.05, 3.63) is 35.5 Å². The number of H-pyrrole nitrogens is 1. The number of hydrazine groups is 1. The molecule has 24 heavy (non-hydrogen) atoms. The van der Waals surface area contributed by atoms with Crippen molar-refractivity contribution >= 4 is 17.2 Å². The topological polar surface area (TPSA) is 145 Å². The van der Waals surface area contributed by atoms with Crippen LogP contribution in [0.5, 0.6) is 0 Å². The Kier molecular flexibility index (Phi) is 6.41. The molecule has 9 heteroatoms. The lowest BCUT2D eigenvalue weighted by molar-refractivity contribution is 0.287. The number of aromatic nitrogens is 2. The first kappa shape index (κ1) is 17.1. The fourth-order valence-electron chi connectivity index (χ4n) is 1.81. The molecule has 1 aromatic heterocycles. The van der Waals surface area contributed by atoms with Gasteiger partial charge in [0, 0.05) is 18.8 Å². The van der Waals surface area contributed by atoms with E-state index in [-0.39, 0.29) is 24.4 Å². The van der Waals surface area contributed by atoms with Crippen LogP contribution in [0.1, 0.15) is 17.7 Å². The molecule has 0 saturated heterocycles. The van der Waals surface area contributed by atoms with Crippen LogP contribution in [0.25, 0.3) is 0 Å². The molecule has 4 N–H and O–H groups in total. The molecule has 0 aliphatic heterocycles. The second-order valence-corrected chi connectivity index (χ2v) is 4.72. The number of benzene rings is 1. The highest BCUT2D eigenvalue weighted by molar-refractivity contribution is 5.52. The van der Waals surface area contributed by atoms with Crippen LogP contribution in [-0.4, -0.2) is 28.5 Å². The van der Waals surface area contributed by atoms with Crippen molar-refractivity contribution < 1.29 is 5.11 Å². The summed E-state index contributed by atoms with van der Waals surface area (Å²) >= 11 is 0. The van der Waals surface area contributed by atoms with Crippen molar-refractivity contribution in [3.8, 4) is 12.1 Å². The van der Waals surface area contributed by atoms with E-state index in [1.165, 1.54) is 0 Å². The van der Waals surface area contributed by atoms with Crippen LogP contribution < -0.4 is 10.9 Å². The number of hydrogen-bond donors (Lipinski definition) is 4. The molecule has 9 nitrogen and oxygen atoms in total. The standard InChI is InChI=1S/C15H16N8O/c16-7-6-14-13(10-17)15(23-21-14)22-20-12-4-2-11(3-5-12)19-18-8-1-9-24/h2-5,18-19,24H,1,6,8-9H2,(H,21,23). The van der Waals surface area contributed by atoms with Crippen LogP contribution in [0.2, 0.25) is 0 Å². The smallest absolute Gasteiger partial charge is 0.213 e. The number of hydrogen-bond acceptors (Lipinski definition) is 8. The van der Waals surface area contributed by atoms with Gasteiger partial charge in [0.05, 0.1) is 23.9 Å². The predicted octanol–water partition coefficient (Wildman–Crippen LogP) is 2.06. The molecule has 0 bridgehead atoms. The average Bonchev–Trinajstić information content (AvgIpc) is 3.00. The Morgan fingerprint density at radius 1 is 1.21 bits per heavy atom. The molecular formula is C15H16N8O. The average molecular weight is 324 g/mol. The maximum Gasteiger partial charge on any atom is 0.213 e. The number of aliphatic hydroxyl groups excluding tert-OH is 1. The third-order valence-corrected chi connectivity index (χ3v) is 3.01. The summed E-state index contributed by atoms with van der Waals surface area (Å²) < 4.78 is 0. The lowest BCUT2D eigenvalue weighted by atomic mass is 10.2. The SMILES string of the molecule is N#CCc1[nH]nc(N=Nc2ccc(NNCCCO)cc2)c1C#N. The number of anilines is 1. The van der Waals surface area contributed by atoms with Crippen LogP contribution in [0.4, 0.5) is 17.2 Å². The third-order valence-electron chi connectivity index (χ3n) is 3.01. The molecule has 0 aliphatic carbocycles. The number of nitrogens with zero attached hydrogens (tertiary/aromatic N) is 5. The fraction of sp³-hybridized carbons (Fsp3) is 0.267. The van der Waals surface area contributed by atoms with E-state index >= 15 is 0 Å². The molecule has 2 rings (SSSR count). The monoisotopic (exact) mass is 324 g/mol. The Morgan fingerprint density at radius 3 is 2.67 bits per heavy atom. The number of aliphatic hydroxyl groups is 1. The zero-order valence-corrected chi connectivity index (χ0v) is 12.8. The first-order valence-corrected chi connectivity index (χ1v) is 7.24. The van der Waals surface area contributed by atoms with Gasteiger partial charge in [0.15, 0.2) is 0 Å². The summed E-state index contributed by atoms with van der Waals surface area (Å²) in [4.78, 5) is 0. The molecule has 0 fully saturated rings. The Labute approximate surface area is 138 Å². The highest BCUT2D eigenvalue weighted by Crippen LogP contribution is 2.23. The minimum Gasteiger partial charge on any atom is -0.396 e. The highest BCUT2D eigenvalue weighted by Gasteiger charge is 2.11. The Bertz CT molecular complexity index is 766. The van der Waals surface area contributed by atoms with Crippen LogP contribution in [0.15, 0.2) is 34.5 Å². The summed E-state index contributed by atoms with van der Waals surface area (Å²) in [5, 5.41) is 41.0. The molecule has 0 saturated carbocycles. The van der Waals surface area contributed by atoms with Crippen molar-refractivity contribution in [1.82, 2.24) is 15.6 Å². The Morgan fingerprint density at radius 2 is 2.00 bits per heavy atom. The zero-order valence-electron chi connectivity index (χ0n) is 12.8. The van der Waals surface area contributed by atoms with E-state index in [2.05, 4.69) is 31.3 Å². The number of nitrogens with one attached hydrogen (secondary N) is 3. The summed E-state index contributed by atoms with van der Waals surface area (Å²) in [6.45, 7) is 0.793. The molecule has 0 aliphatic rings. The largest absolute Gasteiger partial charge is 0.396 e. The lowest BCUT2D eigenvalue weighted by Crippen LogP contribution is -2.23. The van der Waals surface area contributed by atoms with Gasteiger partial charge in [-0.2, -0.15) is 15.6 Å². The predicted molar refractivity (Wildman–Crippen MR) is 86.6 cm³/mol. The second kappa shape index (κ2) is 9.00. The Hall–Kier alpha value is -3.27. The minimum atomic E-state index is 0.0645. The number of azo groups is 1. The van der Waals surface area contributed by atoms with Gasteiger partial charge < -0.3 is 10.5 Å². The Balaban J connectivity index is 2.00. The van der Waals surface area contributed by atoms with E-state index < -0.39 is 0 Å². The number of rotatable bonds is 8. The molecular weight excluding hydrogens is 308 g/mol. The van der Waals surface area contributed by atoms with E-state index in [1.807, 2.05) is 24.3 Å². The minimum absolute atomic E-state index is 0.0645. The molecule has 0 amide bonds. The van der Waals surface area contributed by atoms with Crippen molar-refractivity contribution in [2.75, 3.05) is 18.6 Å². The molecule has 122 valence electrons. The highest BCUT2D eigenvalue weighted by atomic mass is 16.3. The first-order chi connectivity index (χ1) is 11.8. The quantitative estimate of drug-likeness (QED) is 0.332. The first-order valence-electron chi connectivity index (χ1n) is 7.24. The summed E-state index contributed by atoms with van der Waals surface area (Å²) in [6.07, 6.45) is 0.729. The lowest BCUT2D eigenvalue weighted by Gasteiger charge is -2.07. The third kappa shape index (κ3) is 4.61. The summed E-state index contributed by atoms with van der Waals surface area (Å²) in [5.74, 6) is 0.163. The summed E-state index contributed by atoms with van der Waals surface area (Å²) in [6, 6.07) is 11.1. The van der Waals surface area contributed by atoms with Crippen LogP contribution in [0, 0.1) is 22.7 Å². The van der Waals surface area contributed by atoms with Crippen LogP contribution in [-0.2, 0) is 6.42 Å². The van der Waals surface area contributed by atoms with Gasteiger partial charge in [0.2, 0.25) is 5.82 Å². The van der Waals surface area contributed by atoms with Crippen molar-refractivity contribution in [2.45, 2.75) is 12.8 Å². The molecule has 0 unspecified atom stereocenters. The van der Waals surface area contributed by atoms with Crippen LogP contribution >= 0.6 is 0 Å². The van der Waals surface area contributed by atoms with Gasteiger partial charge in [0.1, 0.15) is 11.6 Å². The van der Waals surface area contributed by atoms with E-state index in [0.29, 0.717) is 24.3 Å². The van der Waals surface area contributed by atoms with Gasteiger partial charge in [-0.25, -0.2) is 5.43 Å². The van der Waals surface area contributed by atoms with Crippen LogP contribution in [0.3, 0.4) is 0 Å². The second-order valence-electron chi connectivity index (χ2n) is 4.72. The van der Waals surface area contributed by atoms with Crippen molar-refractivity contribution in [1.29, 1.82) is 10.5 Å². The maximum absolute atomic E-state index is 9.12. The van der Waals surface area contributed by atoms with Gasteiger partial charge >= 0.3 is 0 Å². The number of aromatic amines is 1. The van der Waals surface area contributed by atoms with E-state index in [9.17, 15) is 0 Å². The fourth-order valence-corrected chi connectivity index (χ4v) is 1.81. The van der Waals surface area contributed by atoms with E-state index in [4.69, 9.17) is 15.6 Å². The van der Waals surface area contributed by atoms with E-state index in [0.717, 1.165) is 5.69 Å². The number of nitriles is 2.